The Morgan fingerprint density at radius 2 is 1.04 bits per heavy atom. The van der Waals surface area contributed by atoms with E-state index in [1.165, 1.54) is 8.47 Å². The first-order chi connectivity index (χ1) is 36.2. The van der Waals surface area contributed by atoms with E-state index >= 15 is 0 Å². The van der Waals surface area contributed by atoms with Crippen molar-refractivity contribution in [2.75, 3.05) is 55.6 Å². The summed E-state index contributed by atoms with van der Waals surface area (Å²) in [7, 11) is -3.43. The van der Waals surface area contributed by atoms with Crippen LogP contribution in [0.25, 0.3) is 32.7 Å². The van der Waals surface area contributed by atoms with Gasteiger partial charge in [0.15, 0.2) is 27.3 Å². The number of aryl methyl sites for hydroxylation is 3. The van der Waals surface area contributed by atoms with E-state index in [4.69, 9.17) is 14.2 Å². The molecule has 12 rings (SSSR count). The first-order valence-electron chi connectivity index (χ1n) is 24.7. The molecular formula is C54H61IN12O5S3. The third-order valence-corrected chi connectivity index (χ3v) is 17.9. The summed E-state index contributed by atoms with van der Waals surface area (Å²) in [4.78, 5) is 14.8. The number of hydrogen-bond acceptors (Lipinski definition) is 16. The number of ether oxygens (including phenoxy) is 3. The van der Waals surface area contributed by atoms with Gasteiger partial charge in [0, 0.05) is 107 Å². The Morgan fingerprint density at radius 3 is 1.48 bits per heavy atom. The lowest BCUT2D eigenvalue weighted by molar-refractivity contribution is 0.198. The number of pyridine rings is 3. The van der Waals surface area contributed by atoms with Gasteiger partial charge in [0.1, 0.15) is 0 Å². The molecular weight excluding hydrogens is 1120 g/mol. The highest BCUT2D eigenvalue weighted by Crippen LogP contribution is 2.35. The molecule has 3 fully saturated rings. The molecule has 392 valence electrons. The van der Waals surface area contributed by atoms with E-state index in [2.05, 4.69) is 134 Å². The van der Waals surface area contributed by atoms with Crippen LogP contribution in [-0.4, -0.2) is 109 Å². The van der Waals surface area contributed by atoms with Gasteiger partial charge in [0.05, 0.1) is 63.6 Å². The van der Waals surface area contributed by atoms with Gasteiger partial charge in [0.25, 0.3) is 0 Å². The number of nitrogens with one attached hydrogen (secondary N) is 6. The number of nitrogens with zero attached hydrogens (tertiary/aromatic N) is 6. The van der Waals surface area contributed by atoms with Crippen LogP contribution in [0.4, 0.5) is 34.5 Å². The average Bonchev–Trinajstić information content (AvgIpc) is 4.32. The van der Waals surface area contributed by atoms with Crippen molar-refractivity contribution < 1.29 is 22.6 Å². The number of hydrogen-bond donors (Lipinski definition) is 7. The smallest absolute Gasteiger partial charge is 0.183 e. The van der Waals surface area contributed by atoms with E-state index in [0.29, 0.717) is 34.2 Å². The maximum absolute atomic E-state index is 12.9. The summed E-state index contributed by atoms with van der Waals surface area (Å²) in [6, 6.07) is 23.5. The number of benzene rings is 3. The summed E-state index contributed by atoms with van der Waals surface area (Å²) in [5, 5.41) is 35.5. The van der Waals surface area contributed by atoms with Crippen molar-refractivity contribution in [3.05, 3.63) is 129 Å². The molecule has 6 N–H and O–H groups in total. The minimum absolute atomic E-state index is 0.254. The van der Waals surface area contributed by atoms with E-state index in [1.807, 2.05) is 83.0 Å². The molecule has 3 atom stereocenters. The first kappa shape index (κ1) is 54.0. The minimum Gasteiger partial charge on any atom is -0.380 e. The molecule has 6 aromatic heterocycles. The second kappa shape index (κ2) is 24.5. The van der Waals surface area contributed by atoms with Crippen LogP contribution in [0, 0.1) is 45.1 Å². The summed E-state index contributed by atoms with van der Waals surface area (Å²) in [6.45, 7) is 16.3. The standard InChI is InChI=1S/C18H20N4O3S.C18H20N4OS.C14H13IN4.C4H8OS/c1-11-12(2)21-22-18(11)20-17-5-7-19-16-4-3-13(9-15(16)17)26(23,24)14-6-8-25-10-14;1-11-12(2)21-22-18(11)20-17-5-7-19-16-4-3-13(9-15(16)17)24-14-6-8-23-10-14;1-8-9(2)18-19-14(8)17-13-5-6-16-12-4-3-10(15)7-11(12)13;6-4-1-2-5-3-4/h3-5,7,9,14H,6,8,10H2,1-2H3,(H2,19,20,21,22);3-5,7,9,14H,6,8,10H2,1-2H3,(H2,19,20,21,22);3-7H,1-2H3,(H2,16,17,18,19);4,6H,1-3H2. The molecule has 3 unspecified atom stereocenters. The van der Waals surface area contributed by atoms with E-state index in [0.717, 1.165) is 134 Å². The summed E-state index contributed by atoms with van der Waals surface area (Å²) in [5.41, 5.74) is 11.9. The van der Waals surface area contributed by atoms with Gasteiger partial charge < -0.3 is 30.2 Å². The fraction of sp³-hybridized carbons (Fsp3) is 0.333. The molecule has 0 amide bonds. The van der Waals surface area contributed by atoms with Crippen molar-refractivity contribution in [3.8, 4) is 0 Å². The SMILES string of the molecule is Cc1[nH]nc(Nc2ccnc3ccc(I)cc23)c1C.Cc1[nH]nc(Nc2ccnc3ccc(S(=O)(=O)C4CCOC4)cc23)c1C.Cc1[nH]nc(Nc2ccnc3ccc(SC4CCOC4)cc23)c1C.SC1CCOC1. The van der Waals surface area contributed by atoms with Crippen molar-refractivity contribution in [2.24, 2.45) is 0 Å². The summed E-state index contributed by atoms with van der Waals surface area (Å²) < 4.78 is 42.6. The van der Waals surface area contributed by atoms with Gasteiger partial charge in [-0.1, -0.05) is 0 Å². The van der Waals surface area contributed by atoms with Crippen LogP contribution in [0.15, 0.2) is 101 Å². The predicted molar refractivity (Wildman–Crippen MR) is 312 cm³/mol. The number of aromatic nitrogens is 9. The first-order valence-corrected chi connectivity index (χ1v) is 28.7. The van der Waals surface area contributed by atoms with Crippen LogP contribution in [0.2, 0.25) is 0 Å². The summed E-state index contributed by atoms with van der Waals surface area (Å²) >= 11 is 8.36. The molecule has 3 aliphatic rings. The Morgan fingerprint density at radius 1 is 0.573 bits per heavy atom. The molecule has 3 aromatic carbocycles. The number of rotatable bonds is 10. The Balaban J connectivity index is 0.000000131. The fourth-order valence-corrected chi connectivity index (χ4v) is 11.8. The fourth-order valence-electron chi connectivity index (χ4n) is 8.42. The van der Waals surface area contributed by atoms with Crippen LogP contribution < -0.4 is 16.0 Å². The number of H-pyrrole nitrogens is 3. The number of thioether (sulfide) groups is 1. The van der Waals surface area contributed by atoms with Crippen LogP contribution in [0.5, 0.6) is 0 Å². The van der Waals surface area contributed by atoms with Gasteiger partial charge >= 0.3 is 0 Å². The molecule has 3 aliphatic heterocycles. The highest BCUT2D eigenvalue weighted by Gasteiger charge is 2.31. The monoisotopic (exact) mass is 1180 g/mol. The molecule has 9 heterocycles. The minimum atomic E-state index is -3.43. The molecule has 0 spiro atoms. The third-order valence-electron chi connectivity index (χ3n) is 13.4. The number of thiol groups is 1. The number of fused-ring (bicyclic) bond motifs is 3. The van der Waals surface area contributed by atoms with Crippen molar-refractivity contribution in [1.29, 1.82) is 0 Å². The van der Waals surface area contributed by atoms with E-state index < -0.39 is 15.1 Å². The molecule has 17 nitrogen and oxygen atoms in total. The second-order valence-electron chi connectivity index (χ2n) is 18.6. The molecule has 0 bridgehead atoms. The van der Waals surface area contributed by atoms with Crippen LogP contribution in [-0.2, 0) is 24.0 Å². The average molecular weight is 1180 g/mol. The molecule has 0 radical (unpaired) electrons. The topological polar surface area (TPSA) is 223 Å². The lowest BCUT2D eigenvalue weighted by Crippen LogP contribution is -2.21. The number of aromatic amines is 3. The summed E-state index contributed by atoms with van der Waals surface area (Å²) in [5.74, 6) is 2.44. The van der Waals surface area contributed by atoms with Crippen LogP contribution in [0.3, 0.4) is 0 Å². The van der Waals surface area contributed by atoms with Crippen LogP contribution >= 0.6 is 47.0 Å². The Hall–Kier alpha value is -5.82. The molecule has 0 saturated carbocycles. The Labute approximate surface area is 459 Å². The second-order valence-corrected chi connectivity index (χ2v) is 24.2. The maximum atomic E-state index is 12.9. The van der Waals surface area contributed by atoms with E-state index in [9.17, 15) is 8.42 Å². The Bertz CT molecular complexity index is 3530. The van der Waals surface area contributed by atoms with E-state index in [-0.39, 0.29) is 6.61 Å². The zero-order valence-electron chi connectivity index (χ0n) is 42.6. The van der Waals surface area contributed by atoms with Crippen molar-refractivity contribution in [3.63, 3.8) is 0 Å². The lowest BCUT2D eigenvalue weighted by Gasteiger charge is -2.12. The van der Waals surface area contributed by atoms with Gasteiger partial charge in [-0.05, 0) is 156 Å². The van der Waals surface area contributed by atoms with Crippen LogP contribution in [0.1, 0.15) is 53.0 Å². The van der Waals surface area contributed by atoms with Gasteiger partial charge in [-0.15, -0.1) is 11.8 Å². The quantitative estimate of drug-likeness (QED) is 0.0500. The van der Waals surface area contributed by atoms with Gasteiger partial charge in [0.2, 0.25) is 0 Å². The number of sulfone groups is 1. The maximum Gasteiger partial charge on any atom is 0.183 e. The molecule has 75 heavy (non-hydrogen) atoms. The zero-order chi connectivity index (χ0) is 52.6. The van der Waals surface area contributed by atoms with Crippen molar-refractivity contribution >= 4 is 124 Å². The largest absolute Gasteiger partial charge is 0.380 e. The van der Waals surface area contributed by atoms with Crippen molar-refractivity contribution in [2.45, 2.75) is 86.3 Å². The number of halogens is 1. The van der Waals surface area contributed by atoms with Gasteiger partial charge in [-0.2, -0.15) is 27.9 Å². The summed E-state index contributed by atoms with van der Waals surface area (Å²) in [6.07, 6.45) is 8.11. The Kier molecular flexibility index (Phi) is 17.6. The molecule has 9 aromatic rings. The predicted octanol–water partition coefficient (Wildman–Crippen LogP) is 11.7. The number of anilines is 6. The highest BCUT2D eigenvalue weighted by molar-refractivity contribution is 14.1. The molecule has 21 heteroatoms. The zero-order valence-corrected chi connectivity index (χ0v) is 47.3. The van der Waals surface area contributed by atoms with Gasteiger partial charge in [-0.3, -0.25) is 30.2 Å². The third kappa shape index (κ3) is 13.1. The van der Waals surface area contributed by atoms with Gasteiger partial charge in [-0.25, -0.2) is 8.42 Å². The normalized spacial score (nSPS) is 17.3. The highest BCUT2D eigenvalue weighted by atomic mass is 127. The lowest BCUT2D eigenvalue weighted by atomic mass is 10.2. The van der Waals surface area contributed by atoms with E-state index in [1.54, 1.807) is 24.4 Å². The van der Waals surface area contributed by atoms with Crippen molar-refractivity contribution in [1.82, 2.24) is 45.5 Å². The molecule has 0 aliphatic carbocycles. The molecule has 3 saturated heterocycles.